The summed E-state index contributed by atoms with van der Waals surface area (Å²) in [6.45, 7) is 3.76. The number of rotatable bonds is 8. The van der Waals surface area contributed by atoms with Crippen LogP contribution in [0.2, 0.25) is 5.02 Å². The molecule has 0 saturated heterocycles. The van der Waals surface area contributed by atoms with Gasteiger partial charge in [0.1, 0.15) is 0 Å². The Bertz CT molecular complexity index is 881. The van der Waals surface area contributed by atoms with Crippen molar-refractivity contribution in [3.63, 3.8) is 0 Å². The summed E-state index contributed by atoms with van der Waals surface area (Å²) in [5, 5.41) is 13.2. The number of hydrogen-bond donors (Lipinski definition) is 0. The lowest BCUT2D eigenvalue weighted by atomic mass is 10.2. The van der Waals surface area contributed by atoms with Gasteiger partial charge in [0.25, 0.3) is 0 Å². The number of carbonyl (C=O) groups is 1. The maximum absolute atomic E-state index is 12.5. The first-order chi connectivity index (χ1) is 13.2. The first-order valence-corrected chi connectivity index (χ1v) is 9.39. The molecule has 0 spiro atoms. The van der Waals surface area contributed by atoms with Crippen molar-refractivity contribution >= 4 is 17.5 Å². The number of halogens is 1. The van der Waals surface area contributed by atoms with Crippen LogP contribution in [0.5, 0.6) is 0 Å². The average Bonchev–Trinajstić information content (AvgIpc) is 3.16. The molecule has 1 amide bonds. The highest BCUT2D eigenvalue weighted by Gasteiger charge is 2.13. The number of hydrogen-bond acceptors (Lipinski definition) is 4. The Morgan fingerprint density at radius 3 is 2.70 bits per heavy atom. The van der Waals surface area contributed by atoms with E-state index < -0.39 is 0 Å². The topological polar surface area (TPSA) is 63.9 Å². The van der Waals surface area contributed by atoms with E-state index in [-0.39, 0.29) is 5.91 Å². The predicted octanol–water partition coefficient (Wildman–Crippen LogP) is 3.82. The highest BCUT2D eigenvalue weighted by Crippen LogP contribution is 2.14. The van der Waals surface area contributed by atoms with E-state index >= 15 is 0 Å². The number of aryl methyl sites for hydroxylation is 1. The van der Waals surface area contributed by atoms with Crippen LogP contribution in [0, 0.1) is 0 Å². The Morgan fingerprint density at radius 2 is 1.96 bits per heavy atom. The van der Waals surface area contributed by atoms with Crippen molar-refractivity contribution in [2.45, 2.75) is 32.9 Å². The van der Waals surface area contributed by atoms with Crippen molar-refractivity contribution in [1.29, 1.82) is 0 Å². The molecule has 0 unspecified atom stereocenters. The smallest absolute Gasteiger partial charge is 0.222 e. The normalized spacial score (nSPS) is 10.7. The molecule has 140 valence electrons. The van der Waals surface area contributed by atoms with E-state index in [0.29, 0.717) is 43.3 Å². The summed E-state index contributed by atoms with van der Waals surface area (Å²) < 4.78 is 0. The lowest BCUT2D eigenvalue weighted by Gasteiger charge is -2.21. The number of amides is 1. The van der Waals surface area contributed by atoms with E-state index in [2.05, 4.69) is 15.4 Å². The minimum Gasteiger partial charge on any atom is -0.339 e. The molecule has 3 rings (SSSR count). The summed E-state index contributed by atoms with van der Waals surface area (Å²) in [6, 6.07) is 17.3. The van der Waals surface area contributed by atoms with Crippen LogP contribution in [0.15, 0.2) is 54.6 Å². The van der Waals surface area contributed by atoms with Crippen LogP contribution in [0.3, 0.4) is 0 Å². The van der Waals surface area contributed by atoms with Gasteiger partial charge in [0.2, 0.25) is 11.7 Å². The van der Waals surface area contributed by atoms with Crippen molar-refractivity contribution in [3.8, 4) is 11.4 Å². The zero-order valence-corrected chi connectivity index (χ0v) is 16.0. The molecule has 0 aliphatic carbocycles. The highest BCUT2D eigenvalue weighted by atomic mass is 35.5. The largest absolute Gasteiger partial charge is 0.339 e. The molecular weight excluding hydrogens is 362 g/mol. The summed E-state index contributed by atoms with van der Waals surface area (Å²) in [6.07, 6.45) is 1.10. The molecule has 0 saturated carbocycles. The van der Waals surface area contributed by atoms with Crippen molar-refractivity contribution in [2.75, 3.05) is 6.54 Å². The molecular formula is C20H22ClN5O. The second-order valence-corrected chi connectivity index (χ2v) is 6.65. The molecule has 1 aromatic heterocycles. The monoisotopic (exact) mass is 383 g/mol. The molecule has 0 atom stereocenters. The Kier molecular flexibility index (Phi) is 6.54. The van der Waals surface area contributed by atoms with Crippen molar-refractivity contribution in [2.24, 2.45) is 0 Å². The third kappa shape index (κ3) is 5.37. The molecule has 6 nitrogen and oxygen atoms in total. The van der Waals surface area contributed by atoms with Gasteiger partial charge in [-0.3, -0.25) is 4.79 Å². The Labute approximate surface area is 163 Å². The summed E-state index contributed by atoms with van der Waals surface area (Å²) in [5.74, 6) is 0.707. The van der Waals surface area contributed by atoms with Crippen LogP contribution in [-0.2, 0) is 17.9 Å². The lowest BCUT2D eigenvalue weighted by Crippen LogP contribution is -2.30. The SMILES string of the molecule is CCN(Cc1cccc(Cl)c1)C(=O)CCCn1nnc(-c2ccccc2)n1. The van der Waals surface area contributed by atoms with Crippen LogP contribution < -0.4 is 0 Å². The van der Waals surface area contributed by atoms with Gasteiger partial charge in [-0.25, -0.2) is 0 Å². The second-order valence-electron chi connectivity index (χ2n) is 6.22. The zero-order valence-electron chi connectivity index (χ0n) is 15.3. The van der Waals surface area contributed by atoms with Crippen molar-refractivity contribution in [1.82, 2.24) is 25.1 Å². The van der Waals surface area contributed by atoms with Gasteiger partial charge in [0.15, 0.2) is 0 Å². The summed E-state index contributed by atoms with van der Waals surface area (Å²) >= 11 is 6.02. The van der Waals surface area contributed by atoms with Gasteiger partial charge in [-0.15, -0.1) is 10.2 Å². The van der Waals surface area contributed by atoms with Gasteiger partial charge in [-0.1, -0.05) is 54.1 Å². The summed E-state index contributed by atoms with van der Waals surface area (Å²) in [4.78, 5) is 15.9. The van der Waals surface area contributed by atoms with Gasteiger partial charge in [0, 0.05) is 30.1 Å². The third-order valence-corrected chi connectivity index (χ3v) is 4.47. The van der Waals surface area contributed by atoms with Gasteiger partial charge in [0.05, 0.1) is 6.54 Å². The zero-order chi connectivity index (χ0) is 19.1. The number of tetrazole rings is 1. The molecule has 0 N–H and O–H groups in total. The van der Waals surface area contributed by atoms with Crippen LogP contribution in [0.4, 0.5) is 0 Å². The van der Waals surface area contributed by atoms with Crippen molar-refractivity contribution < 1.29 is 4.79 Å². The molecule has 0 fully saturated rings. The molecule has 0 bridgehead atoms. The quantitative estimate of drug-likeness (QED) is 0.593. The van der Waals surface area contributed by atoms with Crippen molar-refractivity contribution in [3.05, 3.63) is 65.2 Å². The van der Waals surface area contributed by atoms with Crippen LogP contribution >= 0.6 is 11.6 Å². The lowest BCUT2D eigenvalue weighted by molar-refractivity contribution is -0.131. The summed E-state index contributed by atoms with van der Waals surface area (Å²) in [5.41, 5.74) is 1.96. The molecule has 0 radical (unpaired) electrons. The Morgan fingerprint density at radius 1 is 1.15 bits per heavy atom. The fourth-order valence-electron chi connectivity index (χ4n) is 2.80. The fraction of sp³-hybridized carbons (Fsp3) is 0.300. The van der Waals surface area contributed by atoms with Crippen LogP contribution in [0.25, 0.3) is 11.4 Å². The maximum atomic E-state index is 12.5. The van der Waals surface area contributed by atoms with Gasteiger partial charge in [-0.05, 0) is 36.3 Å². The fourth-order valence-corrected chi connectivity index (χ4v) is 3.02. The summed E-state index contributed by atoms with van der Waals surface area (Å²) in [7, 11) is 0. The molecule has 3 aromatic rings. The highest BCUT2D eigenvalue weighted by molar-refractivity contribution is 6.30. The van der Waals surface area contributed by atoms with Gasteiger partial charge in [-0.2, -0.15) is 4.80 Å². The van der Waals surface area contributed by atoms with Gasteiger partial charge >= 0.3 is 0 Å². The average molecular weight is 384 g/mol. The molecule has 2 aromatic carbocycles. The first-order valence-electron chi connectivity index (χ1n) is 9.01. The van der Waals surface area contributed by atoms with E-state index in [0.717, 1.165) is 11.1 Å². The van der Waals surface area contributed by atoms with E-state index in [1.807, 2.05) is 66.4 Å². The first kappa shape index (κ1) is 19.0. The number of aromatic nitrogens is 4. The molecule has 1 heterocycles. The van der Waals surface area contributed by atoms with E-state index in [1.54, 1.807) is 4.80 Å². The Hall–Kier alpha value is -2.73. The molecule has 7 heteroatoms. The van der Waals surface area contributed by atoms with E-state index in [9.17, 15) is 4.79 Å². The number of carbonyl (C=O) groups excluding carboxylic acids is 1. The minimum atomic E-state index is 0.112. The molecule has 0 aliphatic rings. The van der Waals surface area contributed by atoms with Gasteiger partial charge < -0.3 is 4.90 Å². The minimum absolute atomic E-state index is 0.112. The maximum Gasteiger partial charge on any atom is 0.222 e. The standard InChI is InChI=1S/C20H22ClN5O/c1-2-25(15-16-8-6-11-18(21)14-16)19(27)12-7-13-26-23-20(22-24-26)17-9-4-3-5-10-17/h3-6,8-11,14H,2,7,12-13,15H2,1H3. The number of nitrogens with zero attached hydrogens (tertiary/aromatic N) is 5. The number of benzene rings is 2. The second kappa shape index (κ2) is 9.28. The van der Waals surface area contributed by atoms with E-state index in [4.69, 9.17) is 11.6 Å². The van der Waals surface area contributed by atoms with Crippen LogP contribution in [-0.4, -0.2) is 37.6 Å². The molecule has 0 aliphatic heterocycles. The predicted molar refractivity (Wildman–Crippen MR) is 105 cm³/mol. The molecule has 27 heavy (non-hydrogen) atoms. The third-order valence-electron chi connectivity index (χ3n) is 4.23. The van der Waals surface area contributed by atoms with Crippen LogP contribution in [0.1, 0.15) is 25.3 Å². The van der Waals surface area contributed by atoms with E-state index in [1.165, 1.54) is 0 Å². The Balaban J connectivity index is 1.50.